The molecular formula is C37H49F3N6O8S. The van der Waals surface area contributed by atoms with Gasteiger partial charge in [0, 0.05) is 37.5 Å². The molecule has 0 bridgehead atoms. The monoisotopic (exact) mass is 794 g/mol. The highest BCUT2D eigenvalue weighted by molar-refractivity contribution is 7.91. The number of halogens is 3. The molecule has 7 atom stereocenters. The van der Waals surface area contributed by atoms with E-state index in [-0.39, 0.29) is 43.6 Å². The summed E-state index contributed by atoms with van der Waals surface area (Å²) in [5.41, 5.74) is -3.16. The first-order valence-electron chi connectivity index (χ1n) is 18.6. The van der Waals surface area contributed by atoms with Crippen LogP contribution in [0.2, 0.25) is 0 Å². The fourth-order valence-electron chi connectivity index (χ4n) is 7.19. The van der Waals surface area contributed by atoms with E-state index in [4.69, 9.17) is 14.2 Å². The number of nitrogens with one attached hydrogen (secondary N) is 3. The van der Waals surface area contributed by atoms with Gasteiger partial charge in [-0.25, -0.2) is 23.2 Å². The first kappa shape index (κ1) is 40.5. The number of amides is 3. The van der Waals surface area contributed by atoms with E-state index >= 15 is 0 Å². The SMILES string of the molecule is COc1ccc2nc(O[C@@H]3C[C@H]4C(=O)N[C@]5(C(=O)NS(=O)(=O)C6CC6)C[C@H]5/C=C\[C@H](C)CCC[C@@H](C)[C@H](NC(=O)OC(C)(C)C(F)(F)F)CN4C3)cnc2c1. The molecule has 2 aromatic rings. The lowest BCUT2D eigenvalue weighted by Crippen LogP contribution is -2.57. The molecule has 55 heavy (non-hydrogen) atoms. The summed E-state index contributed by atoms with van der Waals surface area (Å²) in [6, 6.07) is 3.48. The van der Waals surface area contributed by atoms with Crippen molar-refractivity contribution in [1.29, 1.82) is 0 Å². The number of alkyl halides is 3. The molecule has 18 heteroatoms. The lowest BCUT2D eigenvalue weighted by molar-refractivity contribution is -0.244. The standard InChI is InChI=1S/C37H49F3N6O8S/c1-21-7-6-8-22(2)29(43-34(49)54-35(3,4)37(38,39)40)20-46-19-25(53-31-18-41-28-15-24(52-5)11-14-27(28)42-31)16-30(46)32(47)44-36(17-23(36)10-9-21)33(48)45-55(50,51)26-12-13-26/h9-11,14-15,18,21-23,25-26,29-30H,6-8,12-13,16-17,19-20H2,1-5H3,(H,43,49)(H,44,47)(H,45,48)/b10-9-/t21-,22-,23-,25-,29-,30+,36-/m1/s1. The number of sulfonamides is 1. The van der Waals surface area contributed by atoms with Crippen molar-refractivity contribution in [2.24, 2.45) is 17.8 Å². The van der Waals surface area contributed by atoms with Crippen LogP contribution in [-0.2, 0) is 24.3 Å². The number of carbonyl (C=O) groups excluding carboxylic acids is 3. The molecule has 2 aliphatic carbocycles. The molecule has 6 rings (SSSR count). The number of allylic oxidation sites excluding steroid dienone is 1. The second-order valence-electron chi connectivity index (χ2n) is 15.9. The maximum absolute atomic E-state index is 14.4. The highest BCUT2D eigenvalue weighted by atomic mass is 32.2. The lowest BCUT2D eigenvalue weighted by Gasteiger charge is -2.34. The van der Waals surface area contributed by atoms with Crippen LogP contribution < -0.4 is 24.8 Å². The molecule has 2 saturated carbocycles. The number of hydrogen-bond acceptors (Lipinski definition) is 11. The van der Waals surface area contributed by atoms with Crippen LogP contribution in [-0.4, -0.2) is 102 Å². The Morgan fingerprint density at radius 1 is 1.05 bits per heavy atom. The van der Waals surface area contributed by atoms with E-state index in [9.17, 15) is 36.0 Å². The molecule has 3 amide bonds. The topological polar surface area (TPSA) is 178 Å². The molecule has 1 aromatic carbocycles. The van der Waals surface area contributed by atoms with E-state index in [0.717, 1.165) is 20.3 Å². The van der Waals surface area contributed by atoms with Crippen LogP contribution >= 0.6 is 0 Å². The number of rotatable bonds is 8. The van der Waals surface area contributed by atoms with Crippen LogP contribution in [0.4, 0.5) is 18.0 Å². The van der Waals surface area contributed by atoms with Gasteiger partial charge in [-0.15, -0.1) is 0 Å². The normalized spacial score (nSPS) is 30.1. The number of aromatic nitrogens is 2. The molecule has 1 saturated heterocycles. The summed E-state index contributed by atoms with van der Waals surface area (Å²) in [5.74, 6) is -1.22. The van der Waals surface area contributed by atoms with Crippen LogP contribution in [0.15, 0.2) is 36.5 Å². The Bertz CT molecular complexity index is 1930. The van der Waals surface area contributed by atoms with E-state index in [1.54, 1.807) is 23.1 Å². The summed E-state index contributed by atoms with van der Waals surface area (Å²) in [6.45, 7) is 5.58. The Morgan fingerprint density at radius 2 is 1.80 bits per heavy atom. The second-order valence-corrected chi connectivity index (χ2v) is 17.8. The third kappa shape index (κ3) is 9.27. The summed E-state index contributed by atoms with van der Waals surface area (Å²) in [6.07, 6.45) is 1.79. The summed E-state index contributed by atoms with van der Waals surface area (Å²) in [4.78, 5) is 51.9. The highest BCUT2D eigenvalue weighted by Gasteiger charge is 2.62. The molecule has 0 spiro atoms. The summed E-state index contributed by atoms with van der Waals surface area (Å²) in [7, 11) is -2.38. The minimum Gasteiger partial charge on any atom is -0.497 e. The molecule has 3 heterocycles. The van der Waals surface area contributed by atoms with Gasteiger partial charge in [0.1, 0.15) is 17.4 Å². The summed E-state index contributed by atoms with van der Waals surface area (Å²) in [5, 5.41) is 4.90. The van der Waals surface area contributed by atoms with E-state index in [2.05, 4.69) is 25.3 Å². The first-order valence-corrected chi connectivity index (χ1v) is 20.2. The molecule has 4 aliphatic rings. The van der Waals surface area contributed by atoms with Gasteiger partial charge in [-0.3, -0.25) is 19.2 Å². The average molecular weight is 795 g/mol. The third-order valence-corrected chi connectivity index (χ3v) is 12.9. The van der Waals surface area contributed by atoms with Gasteiger partial charge in [-0.2, -0.15) is 13.2 Å². The van der Waals surface area contributed by atoms with Gasteiger partial charge in [0.2, 0.25) is 27.4 Å². The van der Waals surface area contributed by atoms with Crippen LogP contribution in [0.5, 0.6) is 11.6 Å². The molecule has 0 radical (unpaired) electrons. The predicted molar refractivity (Wildman–Crippen MR) is 194 cm³/mol. The lowest BCUT2D eigenvalue weighted by atomic mass is 9.92. The van der Waals surface area contributed by atoms with Crippen molar-refractivity contribution in [3.8, 4) is 11.6 Å². The van der Waals surface area contributed by atoms with Gasteiger partial charge in [0.15, 0.2) is 0 Å². The van der Waals surface area contributed by atoms with Crippen LogP contribution in [0, 0.1) is 17.8 Å². The van der Waals surface area contributed by atoms with Crippen molar-refractivity contribution in [3.05, 3.63) is 36.5 Å². The zero-order valence-electron chi connectivity index (χ0n) is 31.5. The molecule has 1 aromatic heterocycles. The largest absolute Gasteiger partial charge is 0.497 e. The predicted octanol–water partition coefficient (Wildman–Crippen LogP) is 4.39. The minimum absolute atomic E-state index is 0.0241. The molecule has 3 N–H and O–H groups in total. The van der Waals surface area contributed by atoms with Crippen molar-refractivity contribution < 1.29 is 50.2 Å². The van der Waals surface area contributed by atoms with Gasteiger partial charge in [-0.1, -0.05) is 32.4 Å². The number of nitrogens with zero attached hydrogens (tertiary/aromatic N) is 3. The smallest absolute Gasteiger partial charge is 0.427 e. The number of fused-ring (bicyclic) bond motifs is 3. The number of carbonyl (C=O) groups is 3. The third-order valence-electron chi connectivity index (χ3n) is 11.1. The van der Waals surface area contributed by atoms with Gasteiger partial charge in [0.05, 0.1) is 35.6 Å². The molecule has 0 unspecified atom stereocenters. The summed E-state index contributed by atoms with van der Waals surface area (Å²) >= 11 is 0. The van der Waals surface area contributed by atoms with Crippen LogP contribution in [0.3, 0.4) is 0 Å². The highest BCUT2D eigenvalue weighted by Crippen LogP contribution is 2.46. The van der Waals surface area contributed by atoms with Gasteiger partial charge >= 0.3 is 12.3 Å². The Labute approximate surface area is 318 Å². The van der Waals surface area contributed by atoms with E-state index < -0.39 is 74.6 Å². The van der Waals surface area contributed by atoms with Crippen LogP contribution in [0.1, 0.15) is 72.6 Å². The van der Waals surface area contributed by atoms with Crippen molar-refractivity contribution in [2.45, 2.75) is 113 Å². The van der Waals surface area contributed by atoms with Crippen molar-refractivity contribution in [2.75, 3.05) is 20.2 Å². The molecule has 3 fully saturated rings. The van der Waals surface area contributed by atoms with Crippen molar-refractivity contribution in [3.63, 3.8) is 0 Å². The number of benzene rings is 1. The Kier molecular flexibility index (Phi) is 11.3. The molecule has 302 valence electrons. The minimum atomic E-state index is -4.82. The van der Waals surface area contributed by atoms with Crippen molar-refractivity contribution in [1.82, 2.24) is 30.2 Å². The fourth-order valence-corrected chi connectivity index (χ4v) is 8.55. The Balaban J connectivity index is 1.29. The second kappa shape index (κ2) is 15.4. The Morgan fingerprint density at radius 3 is 2.49 bits per heavy atom. The van der Waals surface area contributed by atoms with Gasteiger partial charge < -0.3 is 24.8 Å². The van der Waals surface area contributed by atoms with Crippen molar-refractivity contribution >= 4 is 39.0 Å². The van der Waals surface area contributed by atoms with Gasteiger partial charge in [-0.05, 0) is 69.9 Å². The van der Waals surface area contributed by atoms with E-state index in [1.165, 1.54) is 13.3 Å². The number of hydrogen-bond donors (Lipinski definition) is 3. The number of methoxy groups -OCH3 is 1. The van der Waals surface area contributed by atoms with E-state index in [0.29, 0.717) is 42.5 Å². The number of alkyl carbamates (subject to hydrolysis) is 1. The first-order chi connectivity index (χ1) is 25.8. The Hall–Kier alpha value is -4.19. The van der Waals surface area contributed by atoms with Crippen LogP contribution in [0.25, 0.3) is 11.0 Å². The summed E-state index contributed by atoms with van der Waals surface area (Å²) < 4.78 is 85.3. The fraction of sp³-hybridized carbons (Fsp3) is 0.649. The maximum atomic E-state index is 14.4. The zero-order chi connectivity index (χ0) is 39.9. The molecule has 14 nitrogen and oxygen atoms in total. The number of ether oxygens (including phenoxy) is 3. The zero-order valence-corrected chi connectivity index (χ0v) is 32.3. The van der Waals surface area contributed by atoms with Gasteiger partial charge in [0.25, 0.3) is 5.91 Å². The molecular weight excluding hydrogens is 746 g/mol. The van der Waals surface area contributed by atoms with E-state index in [1.807, 2.05) is 26.0 Å². The quantitative estimate of drug-likeness (QED) is 0.323. The maximum Gasteiger partial charge on any atom is 0.427 e. The molecule has 2 aliphatic heterocycles. The average Bonchev–Trinajstić information content (AvgIpc) is 4.03.